The average molecular weight is 274 g/mol. The quantitative estimate of drug-likeness (QED) is 0.764. The van der Waals surface area contributed by atoms with Gasteiger partial charge in [-0.3, -0.25) is 4.79 Å². The van der Waals surface area contributed by atoms with E-state index >= 15 is 0 Å². The Balaban J connectivity index is 2.24. The molecule has 1 aliphatic carbocycles. The van der Waals surface area contributed by atoms with Crippen LogP contribution in [0, 0.1) is 0 Å². The van der Waals surface area contributed by atoms with Crippen molar-refractivity contribution in [1.29, 1.82) is 0 Å². The van der Waals surface area contributed by atoms with Gasteiger partial charge in [0.25, 0.3) is 5.56 Å². The first-order valence-corrected chi connectivity index (χ1v) is 5.58. The Kier molecular flexibility index (Phi) is 2.79. The number of halogens is 1. The van der Waals surface area contributed by atoms with E-state index < -0.39 is 0 Å². The van der Waals surface area contributed by atoms with Gasteiger partial charge in [0.1, 0.15) is 10.3 Å². The van der Waals surface area contributed by atoms with Crippen LogP contribution in [-0.2, 0) is 0 Å². The zero-order chi connectivity index (χ0) is 10.9. The number of rotatable bonds is 3. The van der Waals surface area contributed by atoms with Crippen LogP contribution >= 0.6 is 15.9 Å². The van der Waals surface area contributed by atoms with Crippen molar-refractivity contribution in [2.45, 2.75) is 24.8 Å². The standard InChI is InChI=1S/C9H12BrN3O2/c10-6-7(11-5-12-8(6)15)13-9(4-14)2-1-3-9/h5,14H,1-4H2,(H2,11,12,13,15). The lowest BCUT2D eigenvalue weighted by atomic mass is 9.77. The molecule has 2 rings (SSSR count). The SMILES string of the molecule is O=c1[nH]cnc(NC2(CO)CCC2)c1Br. The van der Waals surface area contributed by atoms with Crippen molar-refractivity contribution in [1.82, 2.24) is 9.97 Å². The van der Waals surface area contributed by atoms with Gasteiger partial charge in [-0.25, -0.2) is 4.98 Å². The van der Waals surface area contributed by atoms with E-state index in [1.807, 2.05) is 0 Å². The van der Waals surface area contributed by atoms with Crippen LogP contribution in [0.3, 0.4) is 0 Å². The minimum atomic E-state index is -0.288. The highest BCUT2D eigenvalue weighted by Crippen LogP contribution is 2.35. The number of nitrogens with zero attached hydrogens (tertiary/aromatic N) is 1. The highest BCUT2D eigenvalue weighted by Gasteiger charge is 2.37. The van der Waals surface area contributed by atoms with Gasteiger partial charge in [-0.05, 0) is 35.2 Å². The van der Waals surface area contributed by atoms with Crippen molar-refractivity contribution in [3.63, 3.8) is 0 Å². The fourth-order valence-corrected chi connectivity index (χ4v) is 1.96. The van der Waals surface area contributed by atoms with E-state index in [2.05, 4.69) is 31.2 Å². The smallest absolute Gasteiger partial charge is 0.267 e. The molecule has 6 heteroatoms. The van der Waals surface area contributed by atoms with Crippen LogP contribution in [0.15, 0.2) is 15.6 Å². The topological polar surface area (TPSA) is 78.0 Å². The molecular weight excluding hydrogens is 262 g/mol. The van der Waals surface area contributed by atoms with Gasteiger partial charge in [-0.2, -0.15) is 0 Å². The van der Waals surface area contributed by atoms with Gasteiger partial charge in [0.05, 0.1) is 18.5 Å². The zero-order valence-electron chi connectivity index (χ0n) is 8.09. The lowest BCUT2D eigenvalue weighted by molar-refractivity contribution is 0.143. The largest absolute Gasteiger partial charge is 0.394 e. The van der Waals surface area contributed by atoms with Crippen molar-refractivity contribution in [3.05, 3.63) is 21.2 Å². The van der Waals surface area contributed by atoms with Crippen LogP contribution in [0.25, 0.3) is 0 Å². The van der Waals surface area contributed by atoms with Gasteiger partial charge in [0, 0.05) is 0 Å². The maximum atomic E-state index is 11.3. The van der Waals surface area contributed by atoms with Crippen LogP contribution < -0.4 is 10.9 Å². The number of hydrogen-bond acceptors (Lipinski definition) is 4. The van der Waals surface area contributed by atoms with Crippen LogP contribution in [0.2, 0.25) is 0 Å². The monoisotopic (exact) mass is 273 g/mol. The van der Waals surface area contributed by atoms with Crippen LogP contribution in [-0.4, -0.2) is 27.2 Å². The number of hydrogen-bond donors (Lipinski definition) is 3. The van der Waals surface area contributed by atoms with Gasteiger partial charge in [-0.1, -0.05) is 0 Å². The number of H-pyrrole nitrogens is 1. The van der Waals surface area contributed by atoms with Crippen molar-refractivity contribution >= 4 is 21.7 Å². The minimum absolute atomic E-state index is 0.0634. The summed E-state index contributed by atoms with van der Waals surface area (Å²) in [5.41, 5.74) is -0.511. The number of aromatic amines is 1. The first kappa shape index (κ1) is 10.6. The summed E-state index contributed by atoms with van der Waals surface area (Å²) in [5.74, 6) is 0.493. The van der Waals surface area contributed by atoms with Crippen LogP contribution in [0.1, 0.15) is 19.3 Å². The fourth-order valence-electron chi connectivity index (χ4n) is 1.65. The Labute approximate surface area is 95.1 Å². The molecule has 0 saturated heterocycles. The number of nitrogens with one attached hydrogen (secondary N) is 2. The van der Waals surface area contributed by atoms with E-state index in [-0.39, 0.29) is 17.7 Å². The molecule has 1 heterocycles. The molecule has 0 atom stereocenters. The maximum Gasteiger partial charge on any atom is 0.267 e. The van der Waals surface area contributed by atoms with Gasteiger partial charge >= 0.3 is 0 Å². The summed E-state index contributed by atoms with van der Waals surface area (Å²) in [5, 5.41) is 12.4. The summed E-state index contributed by atoms with van der Waals surface area (Å²) in [6, 6.07) is 0. The Morgan fingerprint density at radius 1 is 1.67 bits per heavy atom. The van der Waals surface area contributed by atoms with Crippen molar-refractivity contribution in [2.24, 2.45) is 0 Å². The molecule has 0 aliphatic heterocycles. The number of aliphatic hydroxyl groups excluding tert-OH is 1. The highest BCUT2D eigenvalue weighted by atomic mass is 79.9. The van der Waals surface area contributed by atoms with E-state index in [1.165, 1.54) is 6.33 Å². The fraction of sp³-hybridized carbons (Fsp3) is 0.556. The summed E-state index contributed by atoms with van der Waals surface area (Å²) in [6.07, 6.45) is 4.25. The molecular formula is C9H12BrN3O2. The molecule has 5 nitrogen and oxygen atoms in total. The minimum Gasteiger partial charge on any atom is -0.394 e. The van der Waals surface area contributed by atoms with E-state index in [4.69, 9.17) is 0 Å². The molecule has 0 amide bonds. The maximum absolute atomic E-state index is 11.3. The summed E-state index contributed by atoms with van der Waals surface area (Å²) >= 11 is 3.16. The predicted molar refractivity (Wildman–Crippen MR) is 59.8 cm³/mol. The van der Waals surface area contributed by atoms with Gasteiger partial charge in [0.2, 0.25) is 0 Å². The van der Waals surface area contributed by atoms with Crippen molar-refractivity contribution < 1.29 is 5.11 Å². The van der Waals surface area contributed by atoms with Crippen LogP contribution in [0.4, 0.5) is 5.82 Å². The van der Waals surface area contributed by atoms with Gasteiger partial charge < -0.3 is 15.4 Å². The molecule has 82 valence electrons. The molecule has 1 aliphatic rings. The van der Waals surface area contributed by atoms with E-state index in [9.17, 15) is 9.90 Å². The predicted octanol–water partition coefficient (Wildman–Crippen LogP) is 0.859. The second-order valence-corrected chi connectivity index (χ2v) is 4.60. The first-order chi connectivity index (χ1) is 7.17. The Bertz CT molecular complexity index is 409. The molecule has 0 unspecified atom stereocenters. The highest BCUT2D eigenvalue weighted by molar-refractivity contribution is 9.10. The van der Waals surface area contributed by atoms with E-state index in [1.54, 1.807) is 0 Å². The molecule has 15 heavy (non-hydrogen) atoms. The second kappa shape index (κ2) is 3.94. The number of aromatic nitrogens is 2. The second-order valence-electron chi connectivity index (χ2n) is 3.81. The molecule has 3 N–H and O–H groups in total. The molecule has 0 aromatic carbocycles. The van der Waals surface area contributed by atoms with E-state index in [0.717, 1.165) is 19.3 Å². The van der Waals surface area contributed by atoms with Gasteiger partial charge in [0.15, 0.2) is 0 Å². The molecule has 0 bridgehead atoms. The third-order valence-electron chi connectivity index (χ3n) is 2.79. The van der Waals surface area contributed by atoms with E-state index in [0.29, 0.717) is 10.3 Å². The lowest BCUT2D eigenvalue weighted by Gasteiger charge is -2.41. The summed E-state index contributed by atoms with van der Waals surface area (Å²) in [7, 11) is 0. The first-order valence-electron chi connectivity index (χ1n) is 4.79. The molecule has 1 aromatic rings. The third kappa shape index (κ3) is 1.91. The molecule has 0 spiro atoms. The van der Waals surface area contributed by atoms with Gasteiger partial charge in [-0.15, -0.1) is 0 Å². The molecule has 1 saturated carbocycles. The average Bonchev–Trinajstić information content (AvgIpc) is 2.18. The third-order valence-corrected chi connectivity index (χ3v) is 3.53. The summed E-state index contributed by atoms with van der Waals surface area (Å²) < 4.78 is 0.379. The van der Waals surface area contributed by atoms with Crippen LogP contribution in [0.5, 0.6) is 0 Å². The normalized spacial score (nSPS) is 18.3. The molecule has 1 fully saturated rings. The number of aliphatic hydroxyl groups is 1. The van der Waals surface area contributed by atoms with Crippen molar-refractivity contribution in [3.8, 4) is 0 Å². The summed E-state index contributed by atoms with van der Waals surface area (Å²) in [4.78, 5) is 17.8. The molecule has 1 aromatic heterocycles. The lowest BCUT2D eigenvalue weighted by Crippen LogP contribution is -2.48. The zero-order valence-corrected chi connectivity index (χ0v) is 9.67. The van der Waals surface area contributed by atoms with Crippen molar-refractivity contribution in [2.75, 3.05) is 11.9 Å². The Morgan fingerprint density at radius 2 is 2.40 bits per heavy atom. The summed E-state index contributed by atoms with van der Waals surface area (Å²) in [6.45, 7) is 0.0634. The molecule has 0 radical (unpaired) electrons. The Morgan fingerprint density at radius 3 is 2.93 bits per heavy atom. The Hall–Kier alpha value is -0.880. The number of anilines is 1.